The van der Waals surface area contributed by atoms with E-state index in [-0.39, 0.29) is 23.2 Å². The molecule has 0 spiro atoms. The van der Waals surface area contributed by atoms with Crippen LogP contribution in [0, 0.1) is 23.2 Å². The third kappa shape index (κ3) is 3.96. The first-order valence-corrected chi connectivity index (χ1v) is 10.5. The molecule has 0 aromatic carbocycles. The number of rotatable bonds is 4. The standard InChI is InChI=1S/C21H37N3O3/c1-19(2,3)27-18(26)24-21(6)15(10-13-11-16(21)20(13,4)5)17(25)23-12-14-8-7-9-22-14/h13-16,22H,7-12H2,1-6H3,(H,23,25)(H,24,26)/t13-,14+,15+,16+,21-/m1/s1. The Morgan fingerprint density at radius 2 is 1.89 bits per heavy atom. The summed E-state index contributed by atoms with van der Waals surface area (Å²) in [5, 5.41) is 9.68. The molecule has 0 aromatic rings. The second kappa shape index (κ2) is 6.94. The summed E-state index contributed by atoms with van der Waals surface area (Å²) in [5.41, 5.74) is -1.01. The Bertz CT molecular complexity index is 592. The van der Waals surface area contributed by atoms with Gasteiger partial charge < -0.3 is 20.7 Å². The zero-order chi connectivity index (χ0) is 20.0. The fraction of sp³-hybridized carbons (Fsp3) is 0.905. The van der Waals surface area contributed by atoms with E-state index in [1.54, 1.807) is 0 Å². The van der Waals surface area contributed by atoms with Crippen LogP contribution in [0.1, 0.15) is 67.2 Å². The minimum atomic E-state index is -0.590. The highest BCUT2D eigenvalue weighted by molar-refractivity contribution is 5.82. The summed E-state index contributed by atoms with van der Waals surface area (Å²) in [7, 11) is 0. The van der Waals surface area contributed by atoms with Crippen LogP contribution in [0.4, 0.5) is 4.79 Å². The van der Waals surface area contributed by atoms with Gasteiger partial charge in [-0.1, -0.05) is 13.8 Å². The number of fused-ring (bicyclic) bond motifs is 2. The molecule has 3 saturated carbocycles. The van der Waals surface area contributed by atoms with Gasteiger partial charge in [0.2, 0.25) is 5.91 Å². The molecule has 6 heteroatoms. The van der Waals surface area contributed by atoms with Crippen LogP contribution in [0.3, 0.4) is 0 Å². The van der Waals surface area contributed by atoms with Crippen molar-refractivity contribution in [1.82, 2.24) is 16.0 Å². The van der Waals surface area contributed by atoms with Crippen molar-refractivity contribution in [1.29, 1.82) is 0 Å². The molecule has 3 N–H and O–H groups in total. The number of nitrogens with one attached hydrogen (secondary N) is 3. The van der Waals surface area contributed by atoms with Crippen molar-refractivity contribution in [2.45, 2.75) is 84.4 Å². The van der Waals surface area contributed by atoms with Gasteiger partial charge in [0.05, 0.1) is 11.5 Å². The Morgan fingerprint density at radius 1 is 1.19 bits per heavy atom. The van der Waals surface area contributed by atoms with Crippen molar-refractivity contribution >= 4 is 12.0 Å². The summed E-state index contributed by atoms with van der Waals surface area (Å²) in [6.07, 6.45) is 3.73. The molecule has 1 saturated heterocycles. The van der Waals surface area contributed by atoms with Gasteiger partial charge in [-0.2, -0.15) is 0 Å². The van der Waals surface area contributed by atoms with E-state index < -0.39 is 17.2 Å². The molecular formula is C21H37N3O3. The first-order valence-electron chi connectivity index (χ1n) is 10.5. The fourth-order valence-electron chi connectivity index (χ4n) is 5.56. The van der Waals surface area contributed by atoms with E-state index in [0.29, 0.717) is 18.5 Å². The van der Waals surface area contributed by atoms with E-state index in [1.807, 2.05) is 27.7 Å². The van der Waals surface area contributed by atoms with Gasteiger partial charge >= 0.3 is 6.09 Å². The van der Waals surface area contributed by atoms with Crippen molar-refractivity contribution in [2.75, 3.05) is 13.1 Å². The fourth-order valence-corrected chi connectivity index (χ4v) is 5.56. The molecular weight excluding hydrogens is 342 g/mol. The van der Waals surface area contributed by atoms with E-state index in [0.717, 1.165) is 25.8 Å². The third-order valence-corrected chi connectivity index (χ3v) is 7.21. The SMILES string of the molecule is CC(C)(C)OC(=O)N[C@]1(C)[C@H](C(=O)NC[C@@H]2CCCN2)C[C@@H]2C[C@H]1C2(C)C. The summed E-state index contributed by atoms with van der Waals surface area (Å²) in [6, 6.07) is 0.369. The Labute approximate surface area is 163 Å². The van der Waals surface area contributed by atoms with Crippen molar-refractivity contribution in [3.63, 3.8) is 0 Å². The first-order chi connectivity index (χ1) is 12.4. The normalized spacial score (nSPS) is 37.3. The van der Waals surface area contributed by atoms with Crippen LogP contribution < -0.4 is 16.0 Å². The number of carbonyl (C=O) groups is 2. The molecule has 154 valence electrons. The van der Waals surface area contributed by atoms with Gasteiger partial charge in [0.25, 0.3) is 0 Å². The van der Waals surface area contributed by atoms with Crippen LogP contribution in [0.2, 0.25) is 0 Å². The second-order valence-electron chi connectivity index (χ2n) is 10.5. The Balaban J connectivity index is 1.72. The van der Waals surface area contributed by atoms with Crippen molar-refractivity contribution in [3.05, 3.63) is 0 Å². The van der Waals surface area contributed by atoms with Crippen molar-refractivity contribution in [3.8, 4) is 0 Å². The Kier molecular flexibility index (Phi) is 5.26. The van der Waals surface area contributed by atoms with Gasteiger partial charge in [0, 0.05) is 12.6 Å². The molecule has 2 bridgehead atoms. The van der Waals surface area contributed by atoms with Crippen LogP contribution in [-0.4, -0.2) is 42.3 Å². The molecule has 0 unspecified atom stereocenters. The van der Waals surface area contributed by atoms with Gasteiger partial charge in [-0.3, -0.25) is 4.79 Å². The quantitative estimate of drug-likeness (QED) is 0.702. The molecule has 1 heterocycles. The summed E-state index contributed by atoms with van der Waals surface area (Å²) in [6.45, 7) is 13.8. The number of hydrogen-bond acceptors (Lipinski definition) is 4. The molecule has 1 aliphatic heterocycles. The van der Waals surface area contributed by atoms with E-state index >= 15 is 0 Å². The van der Waals surface area contributed by atoms with Crippen LogP contribution in [0.5, 0.6) is 0 Å². The van der Waals surface area contributed by atoms with Gasteiger partial charge in [-0.15, -0.1) is 0 Å². The molecule has 3 aliphatic carbocycles. The minimum absolute atomic E-state index is 0.0625. The highest BCUT2D eigenvalue weighted by Crippen LogP contribution is 2.64. The Morgan fingerprint density at radius 3 is 2.44 bits per heavy atom. The number of hydrogen-bond donors (Lipinski definition) is 3. The summed E-state index contributed by atoms with van der Waals surface area (Å²) >= 11 is 0. The number of amides is 2. The zero-order valence-electron chi connectivity index (χ0n) is 17.8. The molecule has 27 heavy (non-hydrogen) atoms. The van der Waals surface area contributed by atoms with Crippen molar-refractivity contribution < 1.29 is 14.3 Å². The lowest BCUT2D eigenvalue weighted by molar-refractivity contribution is -0.166. The average Bonchev–Trinajstić information content (AvgIpc) is 3.02. The minimum Gasteiger partial charge on any atom is -0.444 e. The Hall–Kier alpha value is -1.30. The van der Waals surface area contributed by atoms with Crippen LogP contribution in [0.15, 0.2) is 0 Å². The molecule has 2 amide bonds. The number of carbonyl (C=O) groups excluding carboxylic acids is 2. The van der Waals surface area contributed by atoms with Crippen LogP contribution in [0.25, 0.3) is 0 Å². The van der Waals surface area contributed by atoms with Crippen LogP contribution >= 0.6 is 0 Å². The lowest BCUT2D eigenvalue weighted by Gasteiger charge is -2.66. The van der Waals surface area contributed by atoms with Crippen LogP contribution in [-0.2, 0) is 9.53 Å². The zero-order valence-corrected chi connectivity index (χ0v) is 17.8. The van der Waals surface area contributed by atoms with E-state index in [4.69, 9.17) is 4.74 Å². The van der Waals surface area contributed by atoms with Gasteiger partial charge in [0.1, 0.15) is 5.60 Å². The van der Waals surface area contributed by atoms with Gasteiger partial charge in [-0.05, 0) is 77.2 Å². The maximum atomic E-state index is 13.1. The van der Waals surface area contributed by atoms with E-state index in [9.17, 15) is 9.59 Å². The van der Waals surface area contributed by atoms with E-state index in [1.165, 1.54) is 6.42 Å². The van der Waals surface area contributed by atoms with Crippen molar-refractivity contribution in [2.24, 2.45) is 23.2 Å². The topological polar surface area (TPSA) is 79.5 Å². The monoisotopic (exact) mass is 379 g/mol. The number of ether oxygens (including phenoxy) is 1. The lowest BCUT2D eigenvalue weighted by Crippen LogP contribution is -2.72. The smallest absolute Gasteiger partial charge is 0.408 e. The second-order valence-corrected chi connectivity index (χ2v) is 10.5. The summed E-state index contributed by atoms with van der Waals surface area (Å²) in [5.74, 6) is 0.656. The molecule has 4 fully saturated rings. The van der Waals surface area contributed by atoms with Gasteiger partial charge in [0.15, 0.2) is 0 Å². The molecule has 0 aromatic heterocycles. The molecule has 4 aliphatic rings. The summed E-state index contributed by atoms with van der Waals surface area (Å²) in [4.78, 5) is 25.6. The highest BCUT2D eigenvalue weighted by atomic mass is 16.6. The van der Waals surface area contributed by atoms with E-state index in [2.05, 4.69) is 29.8 Å². The predicted molar refractivity (Wildman–Crippen MR) is 105 cm³/mol. The molecule has 4 rings (SSSR count). The van der Waals surface area contributed by atoms with Gasteiger partial charge in [-0.25, -0.2) is 4.79 Å². The maximum Gasteiger partial charge on any atom is 0.408 e. The lowest BCUT2D eigenvalue weighted by atomic mass is 9.40. The third-order valence-electron chi connectivity index (χ3n) is 7.21. The predicted octanol–water partition coefficient (Wildman–Crippen LogP) is 2.82. The first kappa shape index (κ1) is 20.4. The molecule has 6 nitrogen and oxygen atoms in total. The maximum absolute atomic E-state index is 13.1. The average molecular weight is 380 g/mol. The highest BCUT2D eigenvalue weighted by Gasteiger charge is 2.65. The number of alkyl carbamates (subject to hydrolysis) is 1. The largest absolute Gasteiger partial charge is 0.444 e. The summed E-state index contributed by atoms with van der Waals surface area (Å²) < 4.78 is 5.52. The molecule has 0 radical (unpaired) electrons. The molecule has 5 atom stereocenters.